The van der Waals surface area contributed by atoms with E-state index in [2.05, 4.69) is 32.0 Å². The van der Waals surface area contributed by atoms with Crippen LogP contribution in [0.25, 0.3) is 0 Å². The van der Waals surface area contributed by atoms with Crippen molar-refractivity contribution in [2.75, 3.05) is 6.54 Å². The second-order valence-corrected chi connectivity index (χ2v) is 5.07. The zero-order chi connectivity index (χ0) is 12.7. The summed E-state index contributed by atoms with van der Waals surface area (Å²) in [5.41, 5.74) is 9.50. The van der Waals surface area contributed by atoms with Crippen molar-refractivity contribution in [1.82, 2.24) is 0 Å². The Bertz CT molecular complexity index is 371. The lowest BCUT2D eigenvalue weighted by atomic mass is 9.97. The number of rotatable bonds is 7. The molecule has 0 fully saturated rings. The van der Waals surface area contributed by atoms with Gasteiger partial charge in [0.15, 0.2) is 0 Å². The summed E-state index contributed by atoms with van der Waals surface area (Å²) >= 11 is 5.54. The summed E-state index contributed by atoms with van der Waals surface area (Å²) in [6.07, 6.45) is 5.66. The lowest BCUT2D eigenvalue weighted by Crippen LogP contribution is -2.09. The zero-order valence-corrected chi connectivity index (χ0v) is 11.8. The lowest BCUT2D eigenvalue weighted by Gasteiger charge is -2.11. The Labute approximate surface area is 110 Å². The number of unbranched alkanes of at least 4 members (excludes halogenated alkanes) is 2. The van der Waals surface area contributed by atoms with Crippen molar-refractivity contribution in [3.05, 3.63) is 34.9 Å². The van der Waals surface area contributed by atoms with Crippen molar-refractivity contribution < 1.29 is 0 Å². The topological polar surface area (TPSA) is 26.0 Å². The van der Waals surface area contributed by atoms with Gasteiger partial charge in [0.05, 0.1) is 0 Å². The molecular weight excluding hydrogens is 226 g/mol. The number of nitrogens with two attached hydrogens (primary N) is 1. The maximum Gasteiger partial charge on any atom is 0.0227 e. The first-order valence-corrected chi connectivity index (χ1v) is 6.92. The van der Waals surface area contributed by atoms with Crippen LogP contribution < -0.4 is 5.73 Å². The molecule has 0 amide bonds. The molecule has 0 bridgehead atoms. The number of thiocarbonyl (C=S) groups is 1. The predicted octanol–water partition coefficient (Wildman–Crippen LogP) is 3.79. The maximum atomic E-state index is 5.66. The highest BCUT2D eigenvalue weighted by atomic mass is 32.1. The number of hydrogen-bond donors (Lipinski definition) is 1. The van der Waals surface area contributed by atoms with Gasteiger partial charge in [-0.1, -0.05) is 55.7 Å². The first kappa shape index (κ1) is 14.3. The molecule has 0 spiro atoms. The van der Waals surface area contributed by atoms with Gasteiger partial charge in [0.2, 0.25) is 0 Å². The molecule has 0 heterocycles. The van der Waals surface area contributed by atoms with Crippen molar-refractivity contribution in [1.29, 1.82) is 0 Å². The Kier molecular flexibility index (Phi) is 6.38. The smallest absolute Gasteiger partial charge is 0.0227 e. The Morgan fingerprint density at radius 3 is 2.71 bits per heavy atom. The fourth-order valence-corrected chi connectivity index (χ4v) is 2.37. The largest absolute Gasteiger partial charge is 0.330 e. The molecule has 2 N–H and O–H groups in total. The molecule has 1 nitrogen and oxygen atoms in total. The summed E-state index contributed by atoms with van der Waals surface area (Å²) < 4.78 is 0. The first-order chi connectivity index (χ1) is 8.19. The highest BCUT2D eigenvalue weighted by Crippen LogP contribution is 2.17. The quantitative estimate of drug-likeness (QED) is 0.452. The summed E-state index contributed by atoms with van der Waals surface area (Å²) in [5, 5.41) is 0. The molecule has 1 rings (SSSR count). The third-order valence-electron chi connectivity index (χ3n) is 2.98. The molecule has 0 atom stereocenters. The van der Waals surface area contributed by atoms with E-state index in [1.54, 1.807) is 0 Å². The van der Waals surface area contributed by atoms with Gasteiger partial charge in [0, 0.05) is 4.86 Å². The molecule has 0 aliphatic carbocycles. The van der Waals surface area contributed by atoms with Gasteiger partial charge in [-0.3, -0.25) is 0 Å². The van der Waals surface area contributed by atoms with Crippen LogP contribution in [0.4, 0.5) is 0 Å². The van der Waals surface area contributed by atoms with Crippen molar-refractivity contribution >= 4 is 17.1 Å². The molecule has 0 saturated carbocycles. The van der Waals surface area contributed by atoms with Crippen LogP contribution in [0.5, 0.6) is 0 Å². The second-order valence-electron chi connectivity index (χ2n) is 4.58. The standard InChI is InChI=1S/C15H23NS/c1-3-4-5-6-15(17)14-8-7-12(2)11-13(14)9-10-16/h7-8,11H,3-6,9-10,16H2,1-2H3. The van der Waals surface area contributed by atoms with Crippen molar-refractivity contribution in [3.63, 3.8) is 0 Å². The lowest BCUT2D eigenvalue weighted by molar-refractivity contribution is 0.745. The Morgan fingerprint density at radius 1 is 1.29 bits per heavy atom. The van der Waals surface area contributed by atoms with E-state index in [-0.39, 0.29) is 0 Å². The van der Waals surface area contributed by atoms with E-state index < -0.39 is 0 Å². The molecule has 0 aliphatic rings. The van der Waals surface area contributed by atoms with Crippen LogP contribution in [-0.4, -0.2) is 11.4 Å². The van der Waals surface area contributed by atoms with Gasteiger partial charge < -0.3 is 5.73 Å². The number of benzene rings is 1. The summed E-state index contributed by atoms with van der Waals surface area (Å²) in [4.78, 5) is 1.10. The minimum absolute atomic E-state index is 0.689. The summed E-state index contributed by atoms with van der Waals surface area (Å²) in [6, 6.07) is 6.52. The normalized spacial score (nSPS) is 10.5. The molecule has 1 aromatic rings. The molecule has 0 aliphatic heterocycles. The Balaban J connectivity index is 2.77. The van der Waals surface area contributed by atoms with E-state index >= 15 is 0 Å². The number of aryl methyl sites for hydroxylation is 1. The first-order valence-electron chi connectivity index (χ1n) is 6.51. The molecule has 0 saturated heterocycles. The predicted molar refractivity (Wildman–Crippen MR) is 79.8 cm³/mol. The van der Waals surface area contributed by atoms with Crippen LogP contribution in [-0.2, 0) is 6.42 Å². The SMILES string of the molecule is CCCCCC(=S)c1ccc(C)cc1CCN. The van der Waals surface area contributed by atoms with Crippen LogP contribution in [0.2, 0.25) is 0 Å². The second kappa shape index (κ2) is 7.57. The molecule has 0 aromatic heterocycles. The molecule has 1 aromatic carbocycles. The van der Waals surface area contributed by atoms with Gasteiger partial charge in [-0.15, -0.1) is 0 Å². The van der Waals surface area contributed by atoms with E-state index in [4.69, 9.17) is 18.0 Å². The third-order valence-corrected chi connectivity index (χ3v) is 3.41. The highest BCUT2D eigenvalue weighted by molar-refractivity contribution is 7.80. The van der Waals surface area contributed by atoms with Gasteiger partial charge >= 0.3 is 0 Å². The molecular formula is C15H23NS. The van der Waals surface area contributed by atoms with Crippen LogP contribution in [0.1, 0.15) is 49.3 Å². The van der Waals surface area contributed by atoms with E-state index in [0.29, 0.717) is 6.54 Å². The zero-order valence-electron chi connectivity index (χ0n) is 11.0. The fraction of sp³-hybridized carbons (Fsp3) is 0.533. The van der Waals surface area contributed by atoms with Gasteiger partial charge in [-0.05, 0) is 43.9 Å². The summed E-state index contributed by atoms with van der Waals surface area (Å²) in [7, 11) is 0. The molecule has 17 heavy (non-hydrogen) atoms. The van der Waals surface area contributed by atoms with Crippen LogP contribution >= 0.6 is 12.2 Å². The average molecular weight is 249 g/mol. The van der Waals surface area contributed by atoms with Gasteiger partial charge in [-0.2, -0.15) is 0 Å². The monoisotopic (exact) mass is 249 g/mol. The van der Waals surface area contributed by atoms with E-state index in [1.165, 1.54) is 36.0 Å². The number of hydrogen-bond acceptors (Lipinski definition) is 2. The molecule has 0 radical (unpaired) electrons. The van der Waals surface area contributed by atoms with E-state index in [0.717, 1.165) is 17.7 Å². The average Bonchev–Trinajstić information content (AvgIpc) is 2.30. The Hall–Kier alpha value is -0.730. The van der Waals surface area contributed by atoms with E-state index in [1.807, 2.05) is 0 Å². The summed E-state index contributed by atoms with van der Waals surface area (Å²) in [5.74, 6) is 0. The fourth-order valence-electron chi connectivity index (χ4n) is 2.03. The minimum atomic E-state index is 0.689. The van der Waals surface area contributed by atoms with Crippen LogP contribution in [0, 0.1) is 6.92 Å². The van der Waals surface area contributed by atoms with Crippen molar-refractivity contribution in [3.8, 4) is 0 Å². The third kappa shape index (κ3) is 4.57. The van der Waals surface area contributed by atoms with Gasteiger partial charge in [0.25, 0.3) is 0 Å². The molecule has 2 heteroatoms. The van der Waals surface area contributed by atoms with E-state index in [9.17, 15) is 0 Å². The van der Waals surface area contributed by atoms with Gasteiger partial charge in [-0.25, -0.2) is 0 Å². The van der Waals surface area contributed by atoms with Crippen LogP contribution in [0.15, 0.2) is 18.2 Å². The maximum absolute atomic E-state index is 5.66. The molecule has 94 valence electrons. The molecule has 0 unspecified atom stereocenters. The van der Waals surface area contributed by atoms with Crippen molar-refractivity contribution in [2.24, 2.45) is 5.73 Å². The van der Waals surface area contributed by atoms with Gasteiger partial charge in [0.1, 0.15) is 0 Å². The minimum Gasteiger partial charge on any atom is -0.330 e. The highest BCUT2D eigenvalue weighted by Gasteiger charge is 2.07. The van der Waals surface area contributed by atoms with Crippen molar-refractivity contribution in [2.45, 2.75) is 46.0 Å². The summed E-state index contributed by atoms with van der Waals surface area (Å²) in [6.45, 7) is 5.02. The Morgan fingerprint density at radius 2 is 2.06 bits per heavy atom. The van der Waals surface area contributed by atoms with Crippen LogP contribution in [0.3, 0.4) is 0 Å².